The van der Waals surface area contributed by atoms with Gasteiger partial charge in [-0.15, -0.1) is 0 Å². The number of hydrogen-bond donors (Lipinski definition) is 1. The second kappa shape index (κ2) is 6.79. The van der Waals surface area contributed by atoms with E-state index in [1.54, 1.807) is 4.90 Å². The van der Waals surface area contributed by atoms with Crippen molar-refractivity contribution in [3.8, 4) is 5.75 Å². The average Bonchev–Trinajstić information content (AvgIpc) is 2.84. The zero-order valence-corrected chi connectivity index (χ0v) is 11.8. The first-order valence-electron chi connectivity index (χ1n) is 7.29. The lowest BCUT2D eigenvalue weighted by atomic mass is 10.1. The first-order chi connectivity index (χ1) is 8.75. The normalized spacial score (nSPS) is 16.1. The van der Waals surface area contributed by atoms with Gasteiger partial charge in [-0.2, -0.15) is 0 Å². The van der Waals surface area contributed by atoms with E-state index in [0.717, 1.165) is 12.4 Å². The molecule has 0 unspecified atom stereocenters. The lowest BCUT2D eigenvalue weighted by Crippen LogP contribution is -3.09. The molecule has 2 rings (SSSR count). The summed E-state index contributed by atoms with van der Waals surface area (Å²) in [4.78, 5) is 1.79. The van der Waals surface area contributed by atoms with E-state index >= 15 is 0 Å². The molecule has 0 amide bonds. The Bertz CT molecular complexity index is 369. The molecule has 1 heterocycles. The molecule has 100 valence electrons. The molecule has 1 aromatic rings. The van der Waals surface area contributed by atoms with E-state index in [1.165, 1.54) is 56.4 Å². The smallest absolute Gasteiger partial charge is 0.122 e. The Morgan fingerprint density at radius 1 is 1.11 bits per heavy atom. The van der Waals surface area contributed by atoms with Gasteiger partial charge in [0.25, 0.3) is 0 Å². The standard InChI is InChI=1S/C16H25NO/c1-14-7-8-16(15(2)13-14)18-12-6-5-11-17-9-3-4-10-17/h7-8,13H,3-6,9-12H2,1-2H3/p+1. The Balaban J connectivity index is 1.62. The molecule has 1 saturated heterocycles. The minimum Gasteiger partial charge on any atom is -0.493 e. The van der Waals surface area contributed by atoms with Crippen LogP contribution in [0.1, 0.15) is 36.8 Å². The van der Waals surface area contributed by atoms with Crippen LogP contribution in [-0.2, 0) is 0 Å². The maximum absolute atomic E-state index is 5.85. The first kappa shape index (κ1) is 13.4. The Morgan fingerprint density at radius 2 is 1.89 bits per heavy atom. The van der Waals surface area contributed by atoms with E-state index in [2.05, 4.69) is 32.0 Å². The second-order valence-electron chi connectivity index (χ2n) is 5.53. The molecule has 1 aliphatic rings. The van der Waals surface area contributed by atoms with Crippen molar-refractivity contribution in [2.45, 2.75) is 39.5 Å². The summed E-state index contributed by atoms with van der Waals surface area (Å²) < 4.78 is 5.85. The predicted molar refractivity (Wildman–Crippen MR) is 75.4 cm³/mol. The highest BCUT2D eigenvalue weighted by molar-refractivity contribution is 5.35. The molecule has 2 nitrogen and oxygen atoms in total. The maximum Gasteiger partial charge on any atom is 0.122 e. The van der Waals surface area contributed by atoms with Gasteiger partial charge in [-0.3, -0.25) is 0 Å². The predicted octanol–water partition coefficient (Wildman–Crippen LogP) is 2.14. The Morgan fingerprint density at radius 3 is 2.61 bits per heavy atom. The van der Waals surface area contributed by atoms with Crippen LogP contribution >= 0.6 is 0 Å². The van der Waals surface area contributed by atoms with Crippen LogP contribution in [0.3, 0.4) is 0 Å². The van der Waals surface area contributed by atoms with Gasteiger partial charge in [0.15, 0.2) is 0 Å². The highest BCUT2D eigenvalue weighted by Gasteiger charge is 2.13. The van der Waals surface area contributed by atoms with Crippen molar-refractivity contribution in [3.63, 3.8) is 0 Å². The van der Waals surface area contributed by atoms with Crippen molar-refractivity contribution in [2.75, 3.05) is 26.2 Å². The minimum atomic E-state index is 0.858. The SMILES string of the molecule is Cc1ccc(OCCCC[NH+]2CCCC2)c(C)c1. The van der Waals surface area contributed by atoms with Crippen molar-refractivity contribution in [3.05, 3.63) is 29.3 Å². The summed E-state index contributed by atoms with van der Waals surface area (Å²) in [5.74, 6) is 1.05. The molecule has 0 bridgehead atoms. The third-order valence-corrected chi connectivity index (χ3v) is 3.82. The van der Waals surface area contributed by atoms with Crippen LogP contribution in [0.25, 0.3) is 0 Å². The van der Waals surface area contributed by atoms with E-state index in [4.69, 9.17) is 4.74 Å². The molecule has 18 heavy (non-hydrogen) atoms. The quantitative estimate of drug-likeness (QED) is 0.762. The summed E-state index contributed by atoms with van der Waals surface area (Å²) in [5, 5.41) is 0. The number of ether oxygens (including phenoxy) is 1. The van der Waals surface area contributed by atoms with Crippen LogP contribution < -0.4 is 9.64 Å². The number of rotatable bonds is 6. The Hall–Kier alpha value is -1.02. The maximum atomic E-state index is 5.85. The molecule has 0 aliphatic carbocycles. The number of benzene rings is 1. The van der Waals surface area contributed by atoms with Crippen LogP contribution in [0, 0.1) is 13.8 Å². The van der Waals surface area contributed by atoms with Crippen molar-refractivity contribution in [1.29, 1.82) is 0 Å². The molecule has 1 aromatic carbocycles. The zero-order valence-electron chi connectivity index (χ0n) is 11.8. The van der Waals surface area contributed by atoms with Crippen LogP contribution in [0.4, 0.5) is 0 Å². The zero-order chi connectivity index (χ0) is 12.8. The molecule has 1 N–H and O–H groups in total. The van der Waals surface area contributed by atoms with E-state index in [-0.39, 0.29) is 0 Å². The highest BCUT2D eigenvalue weighted by Crippen LogP contribution is 2.18. The summed E-state index contributed by atoms with van der Waals surface area (Å²) >= 11 is 0. The van der Waals surface area contributed by atoms with Crippen molar-refractivity contribution in [2.24, 2.45) is 0 Å². The molecule has 2 heteroatoms. The lowest BCUT2D eigenvalue weighted by Gasteiger charge is -2.12. The van der Waals surface area contributed by atoms with Crippen molar-refractivity contribution in [1.82, 2.24) is 0 Å². The molecule has 0 saturated carbocycles. The summed E-state index contributed by atoms with van der Waals surface area (Å²) in [6.45, 7) is 9.20. The lowest BCUT2D eigenvalue weighted by molar-refractivity contribution is -0.887. The van der Waals surface area contributed by atoms with Crippen LogP contribution in [-0.4, -0.2) is 26.2 Å². The number of aryl methyl sites for hydroxylation is 2. The van der Waals surface area contributed by atoms with Gasteiger partial charge in [-0.1, -0.05) is 17.7 Å². The Kier molecular flexibility index (Phi) is 5.06. The molecular formula is C16H26NO+. The number of quaternary nitrogens is 1. The van der Waals surface area contributed by atoms with Gasteiger partial charge in [-0.25, -0.2) is 0 Å². The van der Waals surface area contributed by atoms with Crippen molar-refractivity contribution < 1.29 is 9.64 Å². The van der Waals surface area contributed by atoms with Gasteiger partial charge in [-0.05, 0) is 38.3 Å². The fourth-order valence-electron chi connectivity index (χ4n) is 2.75. The number of likely N-dealkylation sites (tertiary alicyclic amines) is 1. The van der Waals surface area contributed by atoms with E-state index in [1.807, 2.05) is 0 Å². The van der Waals surface area contributed by atoms with Gasteiger partial charge < -0.3 is 9.64 Å². The third kappa shape index (κ3) is 4.02. The molecule has 1 fully saturated rings. The number of unbranched alkanes of at least 4 members (excludes halogenated alkanes) is 1. The topological polar surface area (TPSA) is 13.7 Å². The third-order valence-electron chi connectivity index (χ3n) is 3.82. The molecule has 0 spiro atoms. The van der Waals surface area contributed by atoms with Gasteiger partial charge in [0.2, 0.25) is 0 Å². The largest absolute Gasteiger partial charge is 0.493 e. The second-order valence-corrected chi connectivity index (χ2v) is 5.53. The monoisotopic (exact) mass is 248 g/mol. The fourth-order valence-corrected chi connectivity index (χ4v) is 2.75. The van der Waals surface area contributed by atoms with Gasteiger partial charge >= 0.3 is 0 Å². The summed E-state index contributed by atoms with van der Waals surface area (Å²) in [6, 6.07) is 6.40. The first-order valence-corrected chi connectivity index (χ1v) is 7.29. The summed E-state index contributed by atoms with van der Waals surface area (Å²) in [7, 11) is 0. The van der Waals surface area contributed by atoms with Crippen LogP contribution in [0.5, 0.6) is 5.75 Å². The van der Waals surface area contributed by atoms with E-state index < -0.39 is 0 Å². The molecule has 0 radical (unpaired) electrons. The van der Waals surface area contributed by atoms with Crippen molar-refractivity contribution >= 4 is 0 Å². The molecular weight excluding hydrogens is 222 g/mol. The number of hydrogen-bond acceptors (Lipinski definition) is 1. The minimum absolute atomic E-state index is 0.858. The van der Waals surface area contributed by atoms with E-state index in [9.17, 15) is 0 Å². The van der Waals surface area contributed by atoms with Gasteiger partial charge in [0, 0.05) is 12.8 Å². The molecule has 0 atom stereocenters. The van der Waals surface area contributed by atoms with Crippen LogP contribution in [0.2, 0.25) is 0 Å². The summed E-state index contributed by atoms with van der Waals surface area (Å²) in [5.41, 5.74) is 2.55. The van der Waals surface area contributed by atoms with Crippen LogP contribution in [0.15, 0.2) is 18.2 Å². The average molecular weight is 248 g/mol. The number of nitrogens with one attached hydrogen (secondary N) is 1. The van der Waals surface area contributed by atoms with Gasteiger partial charge in [0.05, 0.1) is 26.2 Å². The summed E-state index contributed by atoms with van der Waals surface area (Å²) in [6.07, 6.45) is 5.32. The molecule has 0 aromatic heterocycles. The highest BCUT2D eigenvalue weighted by atomic mass is 16.5. The van der Waals surface area contributed by atoms with E-state index in [0.29, 0.717) is 0 Å². The fraction of sp³-hybridized carbons (Fsp3) is 0.625. The van der Waals surface area contributed by atoms with Gasteiger partial charge in [0.1, 0.15) is 5.75 Å². The Labute approximate surface area is 111 Å². The molecule has 1 aliphatic heterocycles.